The Morgan fingerprint density at radius 2 is 0.828 bits per heavy atom. The Balaban J connectivity index is 0.823. The van der Waals surface area contributed by atoms with Crippen LogP contribution in [-0.2, 0) is 6.42 Å². The van der Waals surface area contributed by atoms with Gasteiger partial charge in [0.25, 0.3) is 0 Å². The molecule has 0 bridgehead atoms. The normalized spacial score (nSPS) is 14.0. The van der Waals surface area contributed by atoms with Crippen LogP contribution < -0.4 is 0 Å². The molecule has 14 rings (SSSR count). The van der Waals surface area contributed by atoms with Crippen LogP contribution in [-0.4, -0.2) is 9.13 Å². The van der Waals surface area contributed by atoms with E-state index in [0.29, 0.717) is 5.92 Å². The number of rotatable bonds is 5. The summed E-state index contributed by atoms with van der Waals surface area (Å²) < 4.78 is 17.4. The minimum absolute atomic E-state index is 0.295. The van der Waals surface area contributed by atoms with Crippen LogP contribution in [0, 0.1) is 0 Å². The number of aromatic nitrogens is 2. The van der Waals surface area contributed by atoms with E-state index < -0.39 is 0 Å². The van der Waals surface area contributed by atoms with Gasteiger partial charge in [-0.15, -0.1) is 0 Å². The predicted octanol–water partition coefficient (Wildman–Crippen LogP) is 16.2. The number of furan rings is 2. The summed E-state index contributed by atoms with van der Waals surface area (Å²) in [4.78, 5) is 0. The molecule has 0 amide bonds. The molecule has 1 aliphatic carbocycles. The summed E-state index contributed by atoms with van der Waals surface area (Å²) in [5, 5.41) is 8.40. The van der Waals surface area contributed by atoms with Gasteiger partial charge in [-0.05, 0) is 131 Å². The number of nitrogens with zero attached hydrogens (tertiary/aromatic N) is 2. The Morgan fingerprint density at radius 3 is 1.44 bits per heavy atom. The highest BCUT2D eigenvalue weighted by Crippen LogP contribution is 2.41. The molecule has 1 unspecified atom stereocenters. The Kier molecular flexibility index (Phi) is 7.48. The molecule has 4 aromatic heterocycles. The van der Waals surface area contributed by atoms with Crippen LogP contribution in [0.2, 0.25) is 0 Å². The summed E-state index contributed by atoms with van der Waals surface area (Å²) in [6.45, 7) is 0. The van der Waals surface area contributed by atoms with Crippen LogP contribution in [0.5, 0.6) is 0 Å². The van der Waals surface area contributed by atoms with E-state index in [0.717, 1.165) is 62.2 Å². The summed E-state index contributed by atoms with van der Waals surface area (Å²) in [6.07, 6.45) is 5.37. The lowest BCUT2D eigenvalue weighted by Crippen LogP contribution is -2.04. The maximum absolute atomic E-state index is 6.46. The van der Waals surface area contributed by atoms with E-state index in [2.05, 4.69) is 215 Å². The minimum atomic E-state index is 0.295. The molecule has 0 saturated heterocycles. The van der Waals surface area contributed by atoms with Gasteiger partial charge in [-0.1, -0.05) is 115 Å². The molecule has 1 atom stereocenters. The second kappa shape index (κ2) is 13.6. The van der Waals surface area contributed by atoms with E-state index in [1.54, 1.807) is 0 Å². The monoisotopic (exact) mass is 818 g/mol. The summed E-state index contributed by atoms with van der Waals surface area (Å²) >= 11 is 0. The molecule has 0 saturated carbocycles. The molecule has 13 aromatic rings. The fraction of sp³-hybridized carbons (Fsp3) is 0.0333. The van der Waals surface area contributed by atoms with Crippen molar-refractivity contribution in [2.24, 2.45) is 0 Å². The topological polar surface area (TPSA) is 36.1 Å². The van der Waals surface area contributed by atoms with Crippen LogP contribution in [0.25, 0.3) is 116 Å². The number of hydrogen-bond acceptors (Lipinski definition) is 2. The quantitative estimate of drug-likeness (QED) is 0.173. The third-order valence-corrected chi connectivity index (χ3v) is 13.7. The third-order valence-electron chi connectivity index (χ3n) is 13.7. The van der Waals surface area contributed by atoms with Gasteiger partial charge in [0.15, 0.2) is 0 Å². The Hall–Kier alpha value is -8.34. The van der Waals surface area contributed by atoms with Crippen LogP contribution in [0.1, 0.15) is 22.8 Å². The van der Waals surface area contributed by atoms with Crippen molar-refractivity contribution in [2.75, 3.05) is 0 Å². The zero-order valence-corrected chi connectivity index (χ0v) is 34.7. The van der Waals surface area contributed by atoms with E-state index >= 15 is 0 Å². The van der Waals surface area contributed by atoms with Crippen molar-refractivity contribution in [1.82, 2.24) is 9.13 Å². The maximum Gasteiger partial charge on any atom is 0.135 e. The second-order valence-electron chi connectivity index (χ2n) is 17.2. The highest BCUT2D eigenvalue weighted by atomic mass is 16.3. The van der Waals surface area contributed by atoms with Crippen LogP contribution in [0.15, 0.2) is 215 Å². The van der Waals surface area contributed by atoms with Gasteiger partial charge in [0.1, 0.15) is 22.5 Å². The fourth-order valence-corrected chi connectivity index (χ4v) is 10.6. The van der Waals surface area contributed by atoms with Gasteiger partial charge < -0.3 is 18.0 Å². The Morgan fingerprint density at radius 1 is 0.359 bits per heavy atom. The molecule has 0 aliphatic heterocycles. The number of benzene rings is 9. The predicted molar refractivity (Wildman–Crippen MR) is 265 cm³/mol. The lowest BCUT2D eigenvalue weighted by molar-refractivity contribution is 0.591. The first-order valence-corrected chi connectivity index (χ1v) is 22.1. The van der Waals surface area contributed by atoms with Crippen LogP contribution in [0.4, 0.5) is 0 Å². The summed E-state index contributed by atoms with van der Waals surface area (Å²) in [5.74, 6) is 1.28. The van der Waals surface area contributed by atoms with E-state index in [9.17, 15) is 0 Å². The van der Waals surface area contributed by atoms with Crippen molar-refractivity contribution in [1.29, 1.82) is 0 Å². The van der Waals surface area contributed by atoms with Crippen molar-refractivity contribution >= 4 is 82.6 Å². The van der Waals surface area contributed by atoms with Crippen molar-refractivity contribution < 1.29 is 8.83 Å². The lowest BCUT2D eigenvalue weighted by atomic mass is 9.87. The largest absolute Gasteiger partial charge is 0.456 e. The second-order valence-corrected chi connectivity index (χ2v) is 17.2. The highest BCUT2D eigenvalue weighted by molar-refractivity contribution is 6.13. The van der Waals surface area contributed by atoms with E-state index in [1.165, 1.54) is 71.3 Å². The molecule has 0 fully saturated rings. The molecule has 300 valence electrons. The van der Waals surface area contributed by atoms with Gasteiger partial charge in [0.2, 0.25) is 0 Å². The molecule has 4 heterocycles. The number of fused-ring (bicyclic) bond motifs is 12. The zero-order chi connectivity index (χ0) is 41.9. The lowest BCUT2D eigenvalue weighted by Gasteiger charge is -2.18. The maximum atomic E-state index is 6.46. The third kappa shape index (κ3) is 5.29. The molecule has 64 heavy (non-hydrogen) atoms. The zero-order valence-electron chi connectivity index (χ0n) is 34.7. The van der Waals surface area contributed by atoms with Gasteiger partial charge in [-0.2, -0.15) is 0 Å². The Labute approximate surface area is 368 Å². The molecule has 1 aliphatic rings. The van der Waals surface area contributed by atoms with Gasteiger partial charge in [-0.25, -0.2) is 0 Å². The summed E-state index contributed by atoms with van der Waals surface area (Å²) in [6, 6.07) is 72.6. The minimum Gasteiger partial charge on any atom is -0.456 e. The Bertz CT molecular complexity index is 4040. The van der Waals surface area contributed by atoms with Crippen LogP contribution >= 0.6 is 0 Å². The van der Waals surface area contributed by atoms with E-state index in [4.69, 9.17) is 8.83 Å². The SMILES string of the molecule is C1=CC(c2ccc(-n3c4ccccc4c4cc(-c5ccc6oc7ccc(-c8ccc9c(c8)c8ccccc8n9-c8ccccc8)cc7c6c5)ccc43)cc2)Cc2c1oc1ccccc21. The van der Waals surface area contributed by atoms with Crippen molar-refractivity contribution in [3.63, 3.8) is 0 Å². The van der Waals surface area contributed by atoms with Gasteiger partial charge in [0, 0.05) is 60.6 Å². The molecule has 9 aromatic carbocycles. The van der Waals surface area contributed by atoms with Gasteiger partial charge in [0.05, 0.1) is 22.1 Å². The molecule has 0 N–H and O–H groups in total. The first-order chi connectivity index (χ1) is 31.7. The average Bonchev–Trinajstić information content (AvgIpc) is 4.11. The summed E-state index contributed by atoms with van der Waals surface area (Å²) in [7, 11) is 0. The van der Waals surface area contributed by atoms with E-state index in [-0.39, 0.29) is 0 Å². The number of allylic oxidation sites excluding steroid dienone is 1. The van der Waals surface area contributed by atoms with Crippen molar-refractivity contribution in [2.45, 2.75) is 12.3 Å². The first-order valence-electron chi connectivity index (χ1n) is 22.1. The van der Waals surface area contributed by atoms with Crippen molar-refractivity contribution in [3.05, 3.63) is 223 Å². The van der Waals surface area contributed by atoms with Gasteiger partial charge >= 0.3 is 0 Å². The molecule has 4 nitrogen and oxygen atoms in total. The number of para-hydroxylation sites is 4. The molecule has 4 heteroatoms. The summed E-state index contributed by atoms with van der Waals surface area (Å²) in [5.41, 5.74) is 17.1. The molecule has 0 radical (unpaired) electrons. The average molecular weight is 819 g/mol. The molecular formula is C60H38N2O2. The van der Waals surface area contributed by atoms with Crippen molar-refractivity contribution in [3.8, 4) is 33.6 Å². The molecular weight excluding hydrogens is 781 g/mol. The van der Waals surface area contributed by atoms with E-state index in [1.807, 2.05) is 6.07 Å². The fourth-order valence-electron chi connectivity index (χ4n) is 10.6. The molecule has 0 spiro atoms. The smallest absolute Gasteiger partial charge is 0.135 e. The number of hydrogen-bond donors (Lipinski definition) is 0. The van der Waals surface area contributed by atoms with Gasteiger partial charge in [-0.3, -0.25) is 0 Å². The van der Waals surface area contributed by atoms with Crippen LogP contribution in [0.3, 0.4) is 0 Å². The highest BCUT2D eigenvalue weighted by Gasteiger charge is 2.22. The first kappa shape index (κ1) is 35.3. The standard InChI is InChI=1S/C60H38N2O2/c1-2-10-43(11-3-1)61-53-15-7-4-12-45(53)48-32-39(20-27-55(48)61)41-23-30-59-51(35-41)52-36-42(24-31-60(52)64-59)40-21-28-56-49(33-40)46-13-5-8-16-54(46)62(56)44-25-18-37(19-26-44)38-22-29-58-50(34-38)47-14-6-9-17-57(47)63-58/h1-33,35-36,38H,34H2.